The van der Waals surface area contributed by atoms with Crippen LogP contribution >= 0.6 is 0 Å². The fourth-order valence-electron chi connectivity index (χ4n) is 4.89. The Morgan fingerprint density at radius 1 is 0.765 bits per heavy atom. The molecule has 3 aromatic carbocycles. The molecule has 3 heteroatoms. The van der Waals surface area contributed by atoms with E-state index >= 15 is 0 Å². The van der Waals surface area contributed by atoms with Crippen LogP contribution in [0.3, 0.4) is 0 Å². The van der Waals surface area contributed by atoms with Gasteiger partial charge in [-0.05, 0) is 35.1 Å². The number of Topliss-reactive ketones (excluding diaryl/α,β-unsaturated/α-hetero) is 1. The van der Waals surface area contributed by atoms with Gasteiger partial charge in [0.05, 0.1) is 6.04 Å². The van der Waals surface area contributed by atoms with Gasteiger partial charge in [-0.25, -0.2) is 0 Å². The van der Waals surface area contributed by atoms with Crippen LogP contribution in [0.5, 0.6) is 0 Å². The summed E-state index contributed by atoms with van der Waals surface area (Å²) in [5.41, 5.74) is 4.93. The van der Waals surface area contributed by atoms with Crippen LogP contribution in [0.15, 0.2) is 84.9 Å². The van der Waals surface area contributed by atoms with Gasteiger partial charge < -0.3 is 4.90 Å². The highest BCUT2D eigenvalue weighted by Crippen LogP contribution is 2.29. The zero-order valence-corrected chi connectivity index (χ0v) is 20.9. The van der Waals surface area contributed by atoms with Crippen molar-refractivity contribution in [2.24, 2.45) is 0 Å². The van der Waals surface area contributed by atoms with E-state index in [4.69, 9.17) is 0 Å². The quantitative estimate of drug-likeness (QED) is 0.370. The molecule has 0 bridgehead atoms. The lowest BCUT2D eigenvalue weighted by molar-refractivity contribution is 0.0942. The van der Waals surface area contributed by atoms with Gasteiger partial charge in [-0.1, -0.05) is 106 Å². The third-order valence-electron chi connectivity index (χ3n) is 6.95. The third-order valence-corrected chi connectivity index (χ3v) is 6.95. The normalized spacial score (nSPS) is 15.5. The van der Waals surface area contributed by atoms with Crippen molar-refractivity contribution < 1.29 is 4.79 Å². The fraction of sp³-hybridized carbons (Fsp3) is 0.387. The first-order chi connectivity index (χ1) is 16.4. The van der Waals surface area contributed by atoms with Crippen molar-refractivity contribution in [3.05, 3.63) is 107 Å². The van der Waals surface area contributed by atoms with Gasteiger partial charge in [0.15, 0.2) is 5.78 Å². The van der Waals surface area contributed by atoms with Gasteiger partial charge in [-0.15, -0.1) is 0 Å². The van der Waals surface area contributed by atoms with Crippen molar-refractivity contribution in [2.45, 2.75) is 45.1 Å². The van der Waals surface area contributed by atoms with Crippen LogP contribution in [-0.2, 0) is 5.41 Å². The Bertz CT molecular complexity index is 991. The maximum atomic E-state index is 12.7. The maximum absolute atomic E-state index is 12.7. The van der Waals surface area contributed by atoms with E-state index in [1.807, 2.05) is 12.1 Å². The topological polar surface area (TPSA) is 23.6 Å². The molecule has 1 heterocycles. The number of carbonyl (C=O) groups excluding carboxylic acids is 1. The third kappa shape index (κ3) is 6.22. The number of piperazine rings is 1. The van der Waals surface area contributed by atoms with Crippen LogP contribution in [0.25, 0.3) is 0 Å². The zero-order valence-electron chi connectivity index (χ0n) is 20.9. The fourth-order valence-corrected chi connectivity index (χ4v) is 4.89. The van der Waals surface area contributed by atoms with Crippen molar-refractivity contribution in [3.63, 3.8) is 0 Å². The van der Waals surface area contributed by atoms with Gasteiger partial charge in [-0.3, -0.25) is 9.69 Å². The second-order valence-corrected chi connectivity index (χ2v) is 10.5. The monoisotopic (exact) mass is 454 g/mol. The highest BCUT2D eigenvalue weighted by atomic mass is 16.1. The van der Waals surface area contributed by atoms with Crippen LogP contribution < -0.4 is 0 Å². The molecule has 0 radical (unpaired) electrons. The summed E-state index contributed by atoms with van der Waals surface area (Å²) >= 11 is 0. The first-order valence-corrected chi connectivity index (χ1v) is 12.6. The lowest BCUT2D eigenvalue weighted by Crippen LogP contribution is -2.48. The zero-order chi connectivity index (χ0) is 24.0. The van der Waals surface area contributed by atoms with E-state index in [2.05, 4.69) is 103 Å². The predicted molar refractivity (Wildman–Crippen MR) is 141 cm³/mol. The molecule has 34 heavy (non-hydrogen) atoms. The van der Waals surface area contributed by atoms with E-state index in [9.17, 15) is 4.79 Å². The average molecular weight is 455 g/mol. The van der Waals surface area contributed by atoms with Crippen LogP contribution in [-0.4, -0.2) is 48.3 Å². The summed E-state index contributed by atoms with van der Waals surface area (Å²) in [5, 5.41) is 0. The number of hydrogen-bond acceptors (Lipinski definition) is 3. The average Bonchev–Trinajstić information content (AvgIpc) is 2.86. The minimum atomic E-state index is 0.115. The molecule has 0 unspecified atom stereocenters. The molecule has 1 saturated heterocycles. The number of rotatable bonds is 8. The molecular weight excluding hydrogens is 416 g/mol. The Morgan fingerprint density at radius 2 is 1.29 bits per heavy atom. The highest BCUT2D eigenvalue weighted by molar-refractivity contribution is 5.96. The molecule has 0 aromatic heterocycles. The summed E-state index contributed by atoms with van der Waals surface area (Å²) in [6, 6.07) is 30.2. The summed E-state index contributed by atoms with van der Waals surface area (Å²) < 4.78 is 0. The number of benzene rings is 3. The second kappa shape index (κ2) is 11.1. The molecule has 1 fully saturated rings. The minimum Gasteiger partial charge on any atom is -0.301 e. The number of hydrogen-bond donors (Lipinski definition) is 0. The van der Waals surface area contributed by atoms with E-state index in [0.717, 1.165) is 44.7 Å². The number of carbonyl (C=O) groups is 1. The van der Waals surface area contributed by atoms with E-state index in [1.54, 1.807) is 0 Å². The molecule has 1 aliphatic heterocycles. The summed E-state index contributed by atoms with van der Waals surface area (Å²) in [6.45, 7) is 11.8. The van der Waals surface area contributed by atoms with Crippen molar-refractivity contribution in [3.8, 4) is 0 Å². The van der Waals surface area contributed by atoms with Crippen molar-refractivity contribution in [1.29, 1.82) is 0 Å². The Hall–Kier alpha value is -2.75. The first-order valence-electron chi connectivity index (χ1n) is 12.6. The molecule has 4 rings (SSSR count). The van der Waals surface area contributed by atoms with Gasteiger partial charge in [0.1, 0.15) is 0 Å². The second-order valence-electron chi connectivity index (χ2n) is 10.5. The van der Waals surface area contributed by atoms with Crippen LogP contribution in [0, 0.1) is 0 Å². The molecule has 178 valence electrons. The van der Waals surface area contributed by atoms with Gasteiger partial charge in [0.25, 0.3) is 0 Å². The molecule has 0 amide bonds. The molecule has 0 N–H and O–H groups in total. The van der Waals surface area contributed by atoms with Gasteiger partial charge in [0.2, 0.25) is 0 Å². The van der Waals surface area contributed by atoms with E-state index in [-0.39, 0.29) is 11.2 Å². The van der Waals surface area contributed by atoms with Gasteiger partial charge >= 0.3 is 0 Å². The Morgan fingerprint density at radius 3 is 1.79 bits per heavy atom. The highest BCUT2D eigenvalue weighted by Gasteiger charge is 2.26. The van der Waals surface area contributed by atoms with Crippen molar-refractivity contribution >= 4 is 5.78 Å². The van der Waals surface area contributed by atoms with Crippen LogP contribution in [0.4, 0.5) is 0 Å². The smallest absolute Gasteiger partial charge is 0.162 e. The van der Waals surface area contributed by atoms with Crippen molar-refractivity contribution in [2.75, 3.05) is 32.7 Å². The minimum absolute atomic E-state index is 0.115. The SMILES string of the molecule is CC(C)(C)c1ccc(C(=O)CCCN2CCN(C(c3ccccc3)c3ccccc3)CC2)cc1. The van der Waals surface area contributed by atoms with E-state index < -0.39 is 0 Å². The van der Waals surface area contributed by atoms with E-state index in [1.165, 1.54) is 16.7 Å². The molecule has 0 spiro atoms. The summed E-state index contributed by atoms with van der Waals surface area (Å²) in [7, 11) is 0. The molecule has 0 aliphatic carbocycles. The predicted octanol–water partition coefficient (Wildman–Crippen LogP) is 6.35. The molecule has 0 saturated carbocycles. The molecule has 3 nitrogen and oxygen atoms in total. The molecule has 1 aliphatic rings. The van der Waals surface area contributed by atoms with E-state index in [0.29, 0.717) is 12.5 Å². The Kier molecular flexibility index (Phi) is 7.97. The summed E-state index contributed by atoms with van der Waals surface area (Å²) in [4.78, 5) is 17.8. The number of nitrogens with zero attached hydrogens (tertiary/aromatic N) is 2. The molecule has 3 aromatic rings. The number of ketones is 1. The Balaban J connectivity index is 1.28. The maximum Gasteiger partial charge on any atom is 0.162 e. The largest absolute Gasteiger partial charge is 0.301 e. The van der Waals surface area contributed by atoms with Gasteiger partial charge in [0, 0.05) is 38.2 Å². The first kappa shape index (κ1) is 24.4. The lowest BCUT2D eigenvalue weighted by Gasteiger charge is -2.39. The van der Waals surface area contributed by atoms with Gasteiger partial charge in [-0.2, -0.15) is 0 Å². The van der Waals surface area contributed by atoms with Crippen molar-refractivity contribution in [1.82, 2.24) is 9.80 Å². The standard InChI is InChI=1S/C31H38N2O/c1-31(2,3)28-18-16-25(17-19-28)29(34)15-10-20-32-21-23-33(24-22-32)30(26-11-6-4-7-12-26)27-13-8-5-9-14-27/h4-9,11-14,16-19,30H,10,15,20-24H2,1-3H3. The Labute approximate surface area is 205 Å². The van der Waals surface area contributed by atoms with Crippen LogP contribution in [0.2, 0.25) is 0 Å². The van der Waals surface area contributed by atoms with Crippen LogP contribution in [0.1, 0.15) is 66.7 Å². The molecular formula is C31H38N2O. The summed E-state index contributed by atoms with van der Waals surface area (Å²) in [5.74, 6) is 0.257. The summed E-state index contributed by atoms with van der Waals surface area (Å²) in [6.07, 6.45) is 1.53. The lowest BCUT2D eigenvalue weighted by atomic mass is 9.86. The molecule has 0 atom stereocenters.